The van der Waals surface area contributed by atoms with Crippen LogP contribution in [0, 0.1) is 19.8 Å². The predicted molar refractivity (Wildman–Crippen MR) is 101 cm³/mol. The number of aryl methyl sites for hydroxylation is 1. The third-order valence-corrected chi connectivity index (χ3v) is 5.19. The van der Waals surface area contributed by atoms with Crippen LogP contribution in [0.5, 0.6) is 0 Å². The van der Waals surface area contributed by atoms with Gasteiger partial charge in [0.2, 0.25) is 5.91 Å². The van der Waals surface area contributed by atoms with Gasteiger partial charge in [-0.1, -0.05) is 19.9 Å². The van der Waals surface area contributed by atoms with Gasteiger partial charge < -0.3 is 10.4 Å². The molecule has 0 saturated carbocycles. The fourth-order valence-corrected chi connectivity index (χ4v) is 2.94. The van der Waals surface area contributed by atoms with Gasteiger partial charge in [0.1, 0.15) is 5.54 Å². The Balaban J connectivity index is 2.33. The molecule has 6 nitrogen and oxygen atoms in total. The Labute approximate surface area is 166 Å². The normalized spacial score (nSPS) is 14.0. The van der Waals surface area contributed by atoms with Gasteiger partial charge in [-0.15, -0.1) is 0 Å². The van der Waals surface area contributed by atoms with Gasteiger partial charge in [0.25, 0.3) is 0 Å². The molecule has 0 aliphatic rings. The molecule has 1 aromatic heterocycles. The smallest absolute Gasteiger partial charge is 0.416 e. The Morgan fingerprint density at radius 3 is 2.38 bits per heavy atom. The summed E-state index contributed by atoms with van der Waals surface area (Å²) in [5, 5.41) is 16.3. The van der Waals surface area contributed by atoms with Crippen LogP contribution in [0.1, 0.15) is 43.3 Å². The van der Waals surface area contributed by atoms with Gasteiger partial charge in [0, 0.05) is 11.3 Å². The topological polar surface area (TPSA) is 84.2 Å². The molecule has 2 rings (SSSR count). The molecule has 0 bridgehead atoms. The van der Waals surface area contributed by atoms with Crippen molar-refractivity contribution in [3.63, 3.8) is 0 Å². The summed E-state index contributed by atoms with van der Waals surface area (Å²) in [6.07, 6.45) is -4.61. The molecule has 158 valence electrons. The summed E-state index contributed by atoms with van der Waals surface area (Å²) in [5.41, 5.74) is -0.470. The number of carbonyl (C=O) groups excluding carboxylic acids is 1. The number of carboxylic acids is 1. The van der Waals surface area contributed by atoms with Gasteiger partial charge in [-0.3, -0.25) is 4.79 Å². The second kappa shape index (κ2) is 7.88. The Kier molecular flexibility index (Phi) is 6.10. The van der Waals surface area contributed by atoms with Crippen LogP contribution in [0.25, 0.3) is 5.69 Å². The van der Waals surface area contributed by atoms with Crippen molar-refractivity contribution < 1.29 is 27.9 Å². The minimum atomic E-state index is -4.48. The number of hydrogen-bond acceptors (Lipinski definition) is 3. The molecule has 29 heavy (non-hydrogen) atoms. The first-order valence-electron chi connectivity index (χ1n) is 9.04. The Morgan fingerprint density at radius 1 is 1.24 bits per heavy atom. The summed E-state index contributed by atoms with van der Waals surface area (Å²) in [6, 6.07) is 4.76. The van der Waals surface area contributed by atoms with Crippen LogP contribution in [0.15, 0.2) is 24.3 Å². The van der Waals surface area contributed by atoms with E-state index in [1.54, 1.807) is 27.7 Å². The third-order valence-electron chi connectivity index (χ3n) is 5.19. The summed E-state index contributed by atoms with van der Waals surface area (Å²) in [5.74, 6) is -1.99. The van der Waals surface area contributed by atoms with Crippen molar-refractivity contribution in [2.75, 3.05) is 0 Å². The van der Waals surface area contributed by atoms with E-state index >= 15 is 0 Å². The standard InChI is InChI=1S/C20H24F3N3O3/c1-11(2)19(5,18(28)29)24-17(27)10-16-12(3)25-26(13(16)4)15-8-6-7-14(9-15)20(21,22)23/h6-9,11H,10H2,1-5H3,(H,24,27)(H,28,29)/t19-/m0/s1. The number of benzene rings is 1. The number of halogens is 3. The maximum absolute atomic E-state index is 13.0. The largest absolute Gasteiger partial charge is 0.480 e. The average molecular weight is 411 g/mol. The van der Waals surface area contributed by atoms with E-state index in [1.165, 1.54) is 23.7 Å². The number of amides is 1. The van der Waals surface area contributed by atoms with Crippen molar-refractivity contribution in [1.82, 2.24) is 15.1 Å². The lowest BCUT2D eigenvalue weighted by Crippen LogP contribution is -2.56. The van der Waals surface area contributed by atoms with E-state index < -0.39 is 29.2 Å². The molecule has 1 heterocycles. The lowest BCUT2D eigenvalue weighted by molar-refractivity contribution is -0.148. The number of carbonyl (C=O) groups is 2. The molecule has 1 amide bonds. The van der Waals surface area contributed by atoms with Crippen molar-refractivity contribution in [1.29, 1.82) is 0 Å². The van der Waals surface area contributed by atoms with E-state index in [9.17, 15) is 27.9 Å². The molecule has 0 aliphatic carbocycles. The van der Waals surface area contributed by atoms with Crippen molar-refractivity contribution >= 4 is 11.9 Å². The first-order valence-corrected chi connectivity index (χ1v) is 9.04. The Morgan fingerprint density at radius 2 is 1.86 bits per heavy atom. The highest BCUT2D eigenvalue weighted by molar-refractivity contribution is 5.88. The maximum atomic E-state index is 13.0. The van der Waals surface area contributed by atoms with Crippen LogP contribution in [-0.4, -0.2) is 32.3 Å². The summed E-state index contributed by atoms with van der Waals surface area (Å²) in [7, 11) is 0. The number of aliphatic carboxylic acids is 1. The molecule has 1 aromatic carbocycles. The molecule has 0 fully saturated rings. The zero-order valence-corrected chi connectivity index (χ0v) is 16.9. The molecule has 0 radical (unpaired) electrons. The number of alkyl halides is 3. The molecular formula is C20H24F3N3O3. The van der Waals surface area contributed by atoms with Crippen LogP contribution >= 0.6 is 0 Å². The van der Waals surface area contributed by atoms with Crippen LogP contribution in [0.3, 0.4) is 0 Å². The minimum absolute atomic E-state index is 0.133. The molecule has 9 heteroatoms. The van der Waals surface area contributed by atoms with E-state index in [-0.39, 0.29) is 18.0 Å². The van der Waals surface area contributed by atoms with Crippen LogP contribution in [0.2, 0.25) is 0 Å². The molecule has 0 aliphatic heterocycles. The second-order valence-electron chi connectivity index (χ2n) is 7.50. The average Bonchev–Trinajstić information content (AvgIpc) is 2.88. The highest BCUT2D eigenvalue weighted by Gasteiger charge is 2.38. The number of rotatable bonds is 6. The van der Waals surface area contributed by atoms with Crippen molar-refractivity contribution in [3.05, 3.63) is 46.8 Å². The minimum Gasteiger partial charge on any atom is -0.480 e. The molecular weight excluding hydrogens is 387 g/mol. The summed E-state index contributed by atoms with van der Waals surface area (Å²) in [4.78, 5) is 24.1. The van der Waals surface area contributed by atoms with E-state index in [1.807, 2.05) is 0 Å². The Bertz CT molecular complexity index is 935. The number of nitrogens with zero attached hydrogens (tertiary/aromatic N) is 2. The van der Waals surface area contributed by atoms with E-state index in [2.05, 4.69) is 10.4 Å². The number of hydrogen-bond donors (Lipinski definition) is 2. The summed E-state index contributed by atoms with van der Waals surface area (Å²) in [6.45, 7) is 8.12. The van der Waals surface area contributed by atoms with Crippen LogP contribution in [-0.2, 0) is 22.2 Å². The third kappa shape index (κ3) is 4.60. The second-order valence-corrected chi connectivity index (χ2v) is 7.50. The molecule has 1 atom stereocenters. The molecule has 2 aromatic rings. The molecule has 0 saturated heterocycles. The molecule has 0 unspecified atom stereocenters. The zero-order chi connectivity index (χ0) is 22.1. The molecule has 0 spiro atoms. The molecule has 2 N–H and O–H groups in total. The number of nitrogens with one attached hydrogen (secondary N) is 1. The predicted octanol–water partition coefficient (Wildman–Crippen LogP) is 3.67. The Hall–Kier alpha value is -2.84. The van der Waals surface area contributed by atoms with Gasteiger partial charge in [-0.2, -0.15) is 18.3 Å². The lowest BCUT2D eigenvalue weighted by Gasteiger charge is -2.30. The SMILES string of the molecule is Cc1nn(-c2cccc(C(F)(F)F)c2)c(C)c1CC(=O)N[C@](C)(C(=O)O)C(C)C. The fraction of sp³-hybridized carbons (Fsp3) is 0.450. The first kappa shape index (κ1) is 22.4. The van der Waals surface area contributed by atoms with Crippen molar-refractivity contribution in [3.8, 4) is 5.69 Å². The van der Waals surface area contributed by atoms with E-state index in [4.69, 9.17) is 0 Å². The number of carboxylic acid groups (broad SMARTS) is 1. The highest BCUT2D eigenvalue weighted by atomic mass is 19.4. The lowest BCUT2D eigenvalue weighted by atomic mass is 9.88. The van der Waals surface area contributed by atoms with Gasteiger partial charge in [0.05, 0.1) is 23.4 Å². The summed E-state index contributed by atoms with van der Waals surface area (Å²) >= 11 is 0. The quantitative estimate of drug-likeness (QED) is 0.760. The van der Waals surface area contributed by atoms with E-state index in [0.29, 0.717) is 17.0 Å². The zero-order valence-electron chi connectivity index (χ0n) is 16.9. The van der Waals surface area contributed by atoms with Gasteiger partial charge in [0.15, 0.2) is 0 Å². The van der Waals surface area contributed by atoms with Gasteiger partial charge >= 0.3 is 12.1 Å². The van der Waals surface area contributed by atoms with Crippen LogP contribution < -0.4 is 5.32 Å². The highest BCUT2D eigenvalue weighted by Crippen LogP contribution is 2.31. The number of aromatic nitrogens is 2. The van der Waals surface area contributed by atoms with Crippen molar-refractivity contribution in [2.24, 2.45) is 5.92 Å². The summed E-state index contributed by atoms with van der Waals surface area (Å²) < 4.78 is 40.3. The van der Waals surface area contributed by atoms with Crippen LogP contribution in [0.4, 0.5) is 13.2 Å². The fourth-order valence-electron chi connectivity index (χ4n) is 2.94. The van der Waals surface area contributed by atoms with Gasteiger partial charge in [-0.05, 0) is 44.9 Å². The maximum Gasteiger partial charge on any atom is 0.416 e. The van der Waals surface area contributed by atoms with E-state index in [0.717, 1.165) is 12.1 Å². The van der Waals surface area contributed by atoms with Gasteiger partial charge in [-0.25, -0.2) is 9.48 Å². The van der Waals surface area contributed by atoms with Crippen molar-refractivity contribution in [2.45, 2.75) is 52.8 Å². The monoisotopic (exact) mass is 411 g/mol. The first-order chi connectivity index (χ1) is 13.3.